The number of carbonyl (C=O) groups is 2. The Labute approximate surface area is 162 Å². The number of halogens is 1. The number of hydrogen-bond acceptors (Lipinski definition) is 4. The Hall–Kier alpha value is -3.02. The van der Waals surface area contributed by atoms with Gasteiger partial charge < -0.3 is 10.0 Å². The largest absolute Gasteiger partial charge is 0.507 e. The minimum absolute atomic E-state index is 0.0494. The predicted octanol–water partition coefficient (Wildman–Crippen LogP) is 3.98. The predicted molar refractivity (Wildman–Crippen MR) is 102 cm³/mol. The van der Waals surface area contributed by atoms with Gasteiger partial charge in [-0.15, -0.1) is 0 Å². The molecule has 5 nitrogen and oxygen atoms in total. The van der Waals surface area contributed by atoms with Crippen LogP contribution >= 0.6 is 0 Å². The average molecular weight is 380 g/mol. The molecule has 1 aromatic carbocycles. The summed E-state index contributed by atoms with van der Waals surface area (Å²) in [7, 11) is 0. The summed E-state index contributed by atoms with van der Waals surface area (Å²) in [6.07, 6.45) is 7.76. The Kier molecular flexibility index (Phi) is 4.94. The Bertz CT molecular complexity index is 919. The quantitative estimate of drug-likeness (QED) is 0.497. The van der Waals surface area contributed by atoms with Crippen molar-refractivity contribution in [3.05, 3.63) is 71.3 Å². The maximum Gasteiger partial charge on any atom is 0.295 e. The molecule has 1 aromatic heterocycles. The number of benzene rings is 1. The van der Waals surface area contributed by atoms with Gasteiger partial charge in [-0.25, -0.2) is 4.39 Å². The number of hydrogen-bond donors (Lipinski definition) is 1. The van der Waals surface area contributed by atoms with Gasteiger partial charge in [-0.1, -0.05) is 31.4 Å². The first-order chi connectivity index (χ1) is 13.6. The fourth-order valence-corrected chi connectivity index (χ4v) is 4.22. The van der Waals surface area contributed by atoms with Crippen molar-refractivity contribution in [3.63, 3.8) is 0 Å². The molecule has 28 heavy (non-hydrogen) atoms. The van der Waals surface area contributed by atoms with E-state index in [-0.39, 0.29) is 17.4 Å². The van der Waals surface area contributed by atoms with Crippen LogP contribution in [-0.4, -0.2) is 32.7 Å². The second-order valence-corrected chi connectivity index (χ2v) is 7.29. The third-order valence-electron chi connectivity index (χ3n) is 5.59. The second-order valence-electron chi connectivity index (χ2n) is 7.29. The number of aliphatic hydroxyl groups excluding tert-OH is 1. The van der Waals surface area contributed by atoms with Crippen LogP contribution in [0.1, 0.15) is 49.3 Å². The molecule has 1 aliphatic carbocycles. The molecule has 1 amide bonds. The molecular weight excluding hydrogens is 359 g/mol. The van der Waals surface area contributed by atoms with E-state index in [1.807, 2.05) is 0 Å². The van der Waals surface area contributed by atoms with Crippen molar-refractivity contribution in [1.29, 1.82) is 0 Å². The number of nitrogens with zero attached hydrogens (tertiary/aromatic N) is 2. The van der Waals surface area contributed by atoms with Gasteiger partial charge >= 0.3 is 0 Å². The second kappa shape index (κ2) is 7.54. The van der Waals surface area contributed by atoms with Crippen LogP contribution < -0.4 is 0 Å². The van der Waals surface area contributed by atoms with Gasteiger partial charge in [-0.2, -0.15) is 0 Å². The van der Waals surface area contributed by atoms with Crippen LogP contribution in [0.15, 0.2) is 54.4 Å². The van der Waals surface area contributed by atoms with E-state index < -0.39 is 23.5 Å². The molecule has 1 atom stereocenters. The molecule has 6 heteroatoms. The first-order valence-corrected chi connectivity index (χ1v) is 9.54. The molecule has 1 N–H and O–H groups in total. The smallest absolute Gasteiger partial charge is 0.295 e. The third-order valence-corrected chi connectivity index (χ3v) is 5.59. The van der Waals surface area contributed by atoms with Gasteiger partial charge in [0, 0.05) is 24.0 Å². The van der Waals surface area contributed by atoms with Crippen LogP contribution in [0.4, 0.5) is 4.39 Å². The Balaban J connectivity index is 1.86. The number of likely N-dealkylation sites (tertiary alicyclic amines) is 1. The van der Waals surface area contributed by atoms with E-state index in [4.69, 9.17) is 0 Å². The lowest BCUT2D eigenvalue weighted by atomic mass is 9.91. The summed E-state index contributed by atoms with van der Waals surface area (Å²) in [6, 6.07) is 8.14. The first-order valence-electron chi connectivity index (χ1n) is 9.54. The monoisotopic (exact) mass is 380 g/mol. The molecule has 1 aliphatic heterocycles. The summed E-state index contributed by atoms with van der Waals surface area (Å²) >= 11 is 0. The fourth-order valence-electron chi connectivity index (χ4n) is 4.22. The lowest BCUT2D eigenvalue weighted by molar-refractivity contribution is -0.141. The van der Waals surface area contributed by atoms with E-state index in [0.29, 0.717) is 11.1 Å². The molecule has 0 bridgehead atoms. The number of Topliss-reactive ketones (excluding diaryl/α,β-unsaturated/α-hetero) is 1. The molecule has 2 fully saturated rings. The normalized spacial score (nSPS) is 22.6. The number of ketones is 1. The third kappa shape index (κ3) is 3.19. The zero-order chi connectivity index (χ0) is 19.7. The molecule has 2 aromatic rings. The average Bonchev–Trinajstić information content (AvgIpc) is 3.00. The summed E-state index contributed by atoms with van der Waals surface area (Å²) < 4.78 is 13.5. The highest BCUT2D eigenvalue weighted by molar-refractivity contribution is 6.46. The van der Waals surface area contributed by atoms with E-state index in [1.54, 1.807) is 29.2 Å². The van der Waals surface area contributed by atoms with E-state index >= 15 is 0 Å². The minimum atomic E-state index is -0.725. The number of rotatable bonds is 3. The van der Waals surface area contributed by atoms with Crippen LogP contribution in [0.2, 0.25) is 0 Å². The van der Waals surface area contributed by atoms with Gasteiger partial charge in [0.2, 0.25) is 0 Å². The van der Waals surface area contributed by atoms with E-state index in [0.717, 1.165) is 32.1 Å². The van der Waals surface area contributed by atoms with Crippen molar-refractivity contribution >= 4 is 17.4 Å². The number of aliphatic hydroxyl groups is 1. The molecule has 0 radical (unpaired) electrons. The van der Waals surface area contributed by atoms with Crippen molar-refractivity contribution in [2.24, 2.45) is 0 Å². The van der Waals surface area contributed by atoms with Gasteiger partial charge in [0.1, 0.15) is 11.6 Å². The molecule has 4 rings (SSSR count). The molecule has 144 valence electrons. The zero-order valence-electron chi connectivity index (χ0n) is 15.3. The molecule has 1 saturated heterocycles. The number of amides is 1. The topological polar surface area (TPSA) is 70.5 Å². The summed E-state index contributed by atoms with van der Waals surface area (Å²) in [5.74, 6) is -1.92. The van der Waals surface area contributed by atoms with Crippen LogP contribution in [0, 0.1) is 5.82 Å². The highest BCUT2D eigenvalue weighted by atomic mass is 19.1. The van der Waals surface area contributed by atoms with Crippen LogP contribution in [-0.2, 0) is 9.59 Å². The summed E-state index contributed by atoms with van der Waals surface area (Å²) in [5, 5.41) is 10.9. The SMILES string of the molecule is O=C1C(=O)N(C2CCCCC2)C(c2ccc(F)cc2)/C1=C(/O)c1ccncc1. The summed E-state index contributed by atoms with van der Waals surface area (Å²) in [5.41, 5.74) is 1.08. The van der Waals surface area contributed by atoms with Gasteiger partial charge in [0.25, 0.3) is 11.7 Å². The minimum Gasteiger partial charge on any atom is -0.507 e. The number of pyridine rings is 1. The molecule has 2 aliphatic rings. The fraction of sp³-hybridized carbons (Fsp3) is 0.318. The lowest BCUT2D eigenvalue weighted by Gasteiger charge is -2.35. The molecule has 0 spiro atoms. The van der Waals surface area contributed by atoms with Crippen molar-refractivity contribution in [2.75, 3.05) is 0 Å². The van der Waals surface area contributed by atoms with Crippen molar-refractivity contribution < 1.29 is 19.1 Å². The maximum absolute atomic E-state index is 13.5. The molecule has 2 heterocycles. The highest BCUT2D eigenvalue weighted by Gasteiger charge is 2.48. The number of carbonyl (C=O) groups excluding carboxylic acids is 2. The Morgan fingerprint density at radius 2 is 1.64 bits per heavy atom. The van der Waals surface area contributed by atoms with Crippen LogP contribution in [0.3, 0.4) is 0 Å². The van der Waals surface area contributed by atoms with E-state index in [1.165, 1.54) is 24.5 Å². The Morgan fingerprint density at radius 1 is 1.00 bits per heavy atom. The summed E-state index contributed by atoms with van der Waals surface area (Å²) in [6.45, 7) is 0. The van der Waals surface area contributed by atoms with Crippen molar-refractivity contribution in [2.45, 2.75) is 44.2 Å². The van der Waals surface area contributed by atoms with Crippen molar-refractivity contribution in [1.82, 2.24) is 9.88 Å². The standard InChI is InChI=1S/C22H21FN2O3/c23-16-8-6-14(7-9-16)19-18(20(26)15-10-12-24-13-11-15)21(27)22(28)25(19)17-4-2-1-3-5-17/h6-13,17,19,26H,1-5H2/b20-18-. The van der Waals surface area contributed by atoms with Gasteiger partial charge in [0.15, 0.2) is 0 Å². The maximum atomic E-state index is 13.5. The van der Waals surface area contributed by atoms with Crippen molar-refractivity contribution in [3.8, 4) is 0 Å². The highest BCUT2D eigenvalue weighted by Crippen LogP contribution is 2.42. The van der Waals surface area contributed by atoms with Crippen LogP contribution in [0.5, 0.6) is 0 Å². The first kappa shape index (κ1) is 18.3. The van der Waals surface area contributed by atoms with Gasteiger partial charge in [-0.05, 0) is 42.7 Å². The van der Waals surface area contributed by atoms with E-state index in [2.05, 4.69) is 4.98 Å². The summed E-state index contributed by atoms with van der Waals surface area (Å²) in [4.78, 5) is 31.4. The molecular formula is C22H21FN2O3. The number of aromatic nitrogens is 1. The molecule has 1 unspecified atom stereocenters. The Morgan fingerprint density at radius 3 is 2.29 bits per heavy atom. The van der Waals surface area contributed by atoms with Gasteiger partial charge in [0.05, 0.1) is 11.6 Å². The zero-order valence-corrected chi connectivity index (χ0v) is 15.3. The van der Waals surface area contributed by atoms with Gasteiger partial charge in [-0.3, -0.25) is 14.6 Å². The molecule has 1 saturated carbocycles. The van der Waals surface area contributed by atoms with E-state index in [9.17, 15) is 19.1 Å². The lowest BCUT2D eigenvalue weighted by Crippen LogP contribution is -2.40. The van der Waals surface area contributed by atoms with Crippen LogP contribution in [0.25, 0.3) is 5.76 Å².